The number of nitrogens with two attached hydrogens (primary N) is 1. The van der Waals surface area contributed by atoms with Gasteiger partial charge in [-0.25, -0.2) is 9.78 Å². The number of aromatic nitrogens is 2. The molecule has 1 atom stereocenters. The molecule has 6 nitrogen and oxygen atoms in total. The van der Waals surface area contributed by atoms with Crippen LogP contribution in [0.25, 0.3) is 0 Å². The summed E-state index contributed by atoms with van der Waals surface area (Å²) >= 11 is 0. The normalized spacial score (nSPS) is 19.1. The Morgan fingerprint density at radius 2 is 2.44 bits per heavy atom. The molecule has 0 saturated carbocycles. The molecule has 6 heteroatoms. The predicted octanol–water partition coefficient (Wildman–Crippen LogP) is 0.987. The van der Waals surface area contributed by atoms with Crippen molar-refractivity contribution in [1.29, 1.82) is 0 Å². The van der Waals surface area contributed by atoms with Crippen LogP contribution < -0.4 is 5.73 Å². The number of carbonyl (C=O) groups is 1. The Labute approximate surface area is 106 Å². The molecule has 2 rings (SSSR count). The second-order valence-electron chi connectivity index (χ2n) is 4.45. The molecule has 0 radical (unpaired) electrons. The first-order chi connectivity index (χ1) is 8.63. The van der Waals surface area contributed by atoms with E-state index in [1.165, 1.54) is 0 Å². The fraction of sp³-hybridized carbons (Fsp3) is 0.667. The van der Waals surface area contributed by atoms with Crippen molar-refractivity contribution < 1.29 is 14.3 Å². The fourth-order valence-corrected chi connectivity index (χ4v) is 2.15. The maximum Gasteiger partial charge on any atom is 0.360 e. The molecule has 0 aliphatic carbocycles. The molecule has 18 heavy (non-hydrogen) atoms. The van der Waals surface area contributed by atoms with Gasteiger partial charge < -0.3 is 19.8 Å². The van der Waals surface area contributed by atoms with E-state index in [-0.39, 0.29) is 5.69 Å². The zero-order valence-corrected chi connectivity index (χ0v) is 10.8. The zero-order chi connectivity index (χ0) is 13.1. The SMILES string of the molecule is CCOC(=O)c1nc(C)n(CC2CCOC2)c1N. The van der Waals surface area contributed by atoms with E-state index >= 15 is 0 Å². The number of esters is 1. The second kappa shape index (κ2) is 5.39. The minimum atomic E-state index is -0.459. The Bertz CT molecular complexity index is 436. The zero-order valence-electron chi connectivity index (χ0n) is 10.8. The van der Waals surface area contributed by atoms with Crippen LogP contribution in [-0.4, -0.2) is 35.3 Å². The summed E-state index contributed by atoms with van der Waals surface area (Å²) in [4.78, 5) is 15.9. The molecule has 1 aliphatic rings. The Hall–Kier alpha value is -1.56. The van der Waals surface area contributed by atoms with E-state index in [4.69, 9.17) is 15.2 Å². The van der Waals surface area contributed by atoms with Crippen LogP contribution in [0.1, 0.15) is 29.7 Å². The van der Waals surface area contributed by atoms with Crippen LogP contribution in [0.3, 0.4) is 0 Å². The minimum absolute atomic E-state index is 0.216. The number of aryl methyl sites for hydroxylation is 1. The van der Waals surface area contributed by atoms with Crippen LogP contribution in [-0.2, 0) is 16.0 Å². The van der Waals surface area contributed by atoms with Gasteiger partial charge in [-0.05, 0) is 20.3 Å². The molecule has 1 aromatic heterocycles. The van der Waals surface area contributed by atoms with Gasteiger partial charge in [-0.3, -0.25) is 0 Å². The van der Waals surface area contributed by atoms with Gasteiger partial charge in [-0.2, -0.15) is 0 Å². The first kappa shape index (κ1) is 12.9. The van der Waals surface area contributed by atoms with Crippen LogP contribution in [0.5, 0.6) is 0 Å². The highest BCUT2D eigenvalue weighted by Crippen LogP contribution is 2.21. The summed E-state index contributed by atoms with van der Waals surface area (Å²) in [7, 11) is 0. The molecule has 1 unspecified atom stereocenters. The molecule has 1 saturated heterocycles. The number of carbonyl (C=O) groups excluding carboxylic acids is 1. The van der Waals surface area contributed by atoms with Gasteiger partial charge in [0, 0.05) is 19.1 Å². The lowest BCUT2D eigenvalue weighted by molar-refractivity contribution is 0.0521. The second-order valence-corrected chi connectivity index (χ2v) is 4.45. The van der Waals surface area contributed by atoms with Crippen LogP contribution in [0.4, 0.5) is 5.82 Å². The van der Waals surface area contributed by atoms with Gasteiger partial charge >= 0.3 is 5.97 Å². The van der Waals surface area contributed by atoms with Crippen LogP contribution >= 0.6 is 0 Å². The minimum Gasteiger partial charge on any atom is -0.461 e. The van der Waals surface area contributed by atoms with Crippen molar-refractivity contribution in [2.75, 3.05) is 25.6 Å². The summed E-state index contributed by atoms with van der Waals surface area (Å²) in [5.74, 6) is 1.11. The molecule has 1 aliphatic heterocycles. The van der Waals surface area contributed by atoms with Crippen LogP contribution in [0, 0.1) is 12.8 Å². The maximum atomic E-state index is 11.7. The third-order valence-electron chi connectivity index (χ3n) is 3.13. The number of anilines is 1. The monoisotopic (exact) mass is 253 g/mol. The molecule has 0 spiro atoms. The van der Waals surface area contributed by atoms with Gasteiger partial charge in [0.05, 0.1) is 13.2 Å². The number of hydrogen-bond acceptors (Lipinski definition) is 5. The van der Waals surface area contributed by atoms with Gasteiger partial charge in [0.25, 0.3) is 0 Å². The van der Waals surface area contributed by atoms with Gasteiger partial charge in [-0.1, -0.05) is 0 Å². The highest BCUT2D eigenvalue weighted by molar-refractivity contribution is 5.92. The summed E-state index contributed by atoms with van der Waals surface area (Å²) in [5, 5.41) is 0. The Balaban J connectivity index is 2.17. The lowest BCUT2D eigenvalue weighted by Crippen LogP contribution is -2.15. The number of rotatable bonds is 4. The highest BCUT2D eigenvalue weighted by Gasteiger charge is 2.23. The van der Waals surface area contributed by atoms with Crippen LogP contribution in [0.2, 0.25) is 0 Å². The van der Waals surface area contributed by atoms with Crippen molar-refractivity contribution in [3.05, 3.63) is 11.5 Å². The number of nitrogen functional groups attached to an aromatic ring is 1. The lowest BCUT2D eigenvalue weighted by atomic mass is 10.1. The van der Waals surface area contributed by atoms with Crippen molar-refractivity contribution in [1.82, 2.24) is 9.55 Å². The molecular weight excluding hydrogens is 234 g/mol. The van der Waals surface area contributed by atoms with Gasteiger partial charge in [0.2, 0.25) is 0 Å². The quantitative estimate of drug-likeness (QED) is 0.809. The Kier molecular flexibility index (Phi) is 3.86. The molecule has 0 bridgehead atoms. The van der Waals surface area contributed by atoms with E-state index in [1.807, 2.05) is 11.5 Å². The summed E-state index contributed by atoms with van der Waals surface area (Å²) in [6.07, 6.45) is 1.02. The number of hydrogen-bond donors (Lipinski definition) is 1. The van der Waals surface area contributed by atoms with Crippen molar-refractivity contribution in [3.63, 3.8) is 0 Å². The highest BCUT2D eigenvalue weighted by atomic mass is 16.5. The van der Waals surface area contributed by atoms with Crippen molar-refractivity contribution in [2.45, 2.75) is 26.8 Å². The maximum absolute atomic E-state index is 11.7. The first-order valence-corrected chi connectivity index (χ1v) is 6.21. The molecule has 100 valence electrons. The third kappa shape index (κ3) is 2.48. The molecule has 0 aromatic carbocycles. The van der Waals surface area contributed by atoms with Crippen molar-refractivity contribution in [3.8, 4) is 0 Å². The number of imidazole rings is 1. The van der Waals surface area contributed by atoms with E-state index in [0.717, 1.165) is 32.0 Å². The van der Waals surface area contributed by atoms with Gasteiger partial charge in [0.15, 0.2) is 5.69 Å². The average molecular weight is 253 g/mol. The van der Waals surface area contributed by atoms with E-state index in [0.29, 0.717) is 18.3 Å². The van der Waals surface area contributed by atoms with E-state index in [1.54, 1.807) is 6.92 Å². The standard InChI is InChI=1S/C12H19N3O3/c1-3-18-12(16)10-11(13)15(8(2)14-10)6-9-4-5-17-7-9/h9H,3-7,13H2,1-2H3. The van der Waals surface area contributed by atoms with Crippen molar-refractivity contribution >= 4 is 11.8 Å². The molecule has 1 fully saturated rings. The predicted molar refractivity (Wildman–Crippen MR) is 66.3 cm³/mol. The Morgan fingerprint density at radius 1 is 1.67 bits per heavy atom. The summed E-state index contributed by atoms with van der Waals surface area (Å²) < 4.78 is 12.1. The largest absolute Gasteiger partial charge is 0.461 e. The third-order valence-corrected chi connectivity index (χ3v) is 3.13. The van der Waals surface area contributed by atoms with Crippen molar-refractivity contribution in [2.24, 2.45) is 5.92 Å². The number of nitrogens with zero attached hydrogens (tertiary/aromatic N) is 2. The fourth-order valence-electron chi connectivity index (χ4n) is 2.15. The number of ether oxygens (including phenoxy) is 2. The van der Waals surface area contributed by atoms with Gasteiger partial charge in [0.1, 0.15) is 11.6 Å². The lowest BCUT2D eigenvalue weighted by Gasteiger charge is -2.11. The van der Waals surface area contributed by atoms with Crippen LogP contribution in [0.15, 0.2) is 0 Å². The molecule has 2 heterocycles. The summed E-state index contributed by atoms with van der Waals surface area (Å²) in [5.41, 5.74) is 6.19. The summed E-state index contributed by atoms with van der Waals surface area (Å²) in [6, 6.07) is 0. The smallest absolute Gasteiger partial charge is 0.360 e. The molecule has 0 amide bonds. The first-order valence-electron chi connectivity index (χ1n) is 6.21. The van der Waals surface area contributed by atoms with E-state index < -0.39 is 5.97 Å². The molecule has 2 N–H and O–H groups in total. The van der Waals surface area contributed by atoms with Gasteiger partial charge in [-0.15, -0.1) is 0 Å². The Morgan fingerprint density at radius 3 is 3.06 bits per heavy atom. The molecular formula is C12H19N3O3. The van der Waals surface area contributed by atoms with E-state index in [2.05, 4.69) is 4.98 Å². The molecule has 1 aromatic rings. The summed E-state index contributed by atoms with van der Waals surface area (Å²) in [6.45, 7) is 6.20. The average Bonchev–Trinajstić information content (AvgIpc) is 2.93. The topological polar surface area (TPSA) is 79.4 Å². The van der Waals surface area contributed by atoms with E-state index in [9.17, 15) is 4.79 Å².